The third kappa shape index (κ3) is 4.81. The molecule has 2 atom stereocenters. The molecular weight excluding hydrogens is 318 g/mol. The van der Waals surface area contributed by atoms with E-state index < -0.39 is 6.10 Å². The highest BCUT2D eigenvalue weighted by Crippen LogP contribution is 2.27. The van der Waals surface area contributed by atoms with Crippen LogP contribution in [-0.2, 0) is 0 Å². The molecule has 134 valence electrons. The molecule has 0 aromatic heterocycles. The minimum atomic E-state index is -0.497. The van der Waals surface area contributed by atoms with Crippen LogP contribution in [0.1, 0.15) is 42.1 Å². The molecule has 0 heterocycles. The van der Waals surface area contributed by atoms with Gasteiger partial charge in [0.25, 0.3) is 0 Å². The molecule has 0 radical (unpaired) electrons. The number of hydrogen-bond acceptors (Lipinski definition) is 2. The first-order valence-electron chi connectivity index (χ1n) is 9.32. The molecule has 3 aromatic rings. The van der Waals surface area contributed by atoms with Crippen LogP contribution in [0.3, 0.4) is 0 Å². The lowest BCUT2D eigenvalue weighted by atomic mass is 9.88. The Balaban J connectivity index is 1.63. The summed E-state index contributed by atoms with van der Waals surface area (Å²) in [7, 11) is 0. The number of nitrogens with one attached hydrogen (secondary N) is 1. The van der Waals surface area contributed by atoms with E-state index in [0.29, 0.717) is 5.92 Å². The van der Waals surface area contributed by atoms with Gasteiger partial charge in [-0.3, -0.25) is 0 Å². The SMILES string of the molecule is CC(NCCC(c1ccccc1)c1ccccc1)C(O)c1ccccc1. The molecule has 2 nitrogen and oxygen atoms in total. The van der Waals surface area contributed by atoms with Gasteiger partial charge in [-0.2, -0.15) is 0 Å². The van der Waals surface area contributed by atoms with E-state index >= 15 is 0 Å². The fraction of sp³-hybridized carbons (Fsp3) is 0.250. The van der Waals surface area contributed by atoms with Crippen LogP contribution >= 0.6 is 0 Å². The quantitative estimate of drug-likeness (QED) is 0.607. The second-order valence-corrected chi connectivity index (χ2v) is 6.76. The summed E-state index contributed by atoms with van der Waals surface area (Å²) in [5.41, 5.74) is 3.61. The Kier molecular flexibility index (Phi) is 6.59. The van der Waals surface area contributed by atoms with Crippen LogP contribution in [0.4, 0.5) is 0 Å². The summed E-state index contributed by atoms with van der Waals surface area (Å²) in [6.07, 6.45) is 0.489. The van der Waals surface area contributed by atoms with Gasteiger partial charge in [0.15, 0.2) is 0 Å². The summed E-state index contributed by atoms with van der Waals surface area (Å²) in [5, 5.41) is 14.0. The lowest BCUT2D eigenvalue weighted by molar-refractivity contribution is 0.136. The van der Waals surface area contributed by atoms with Crippen LogP contribution in [0.15, 0.2) is 91.0 Å². The van der Waals surface area contributed by atoms with Gasteiger partial charge in [0.2, 0.25) is 0 Å². The second kappa shape index (κ2) is 9.33. The van der Waals surface area contributed by atoms with Crippen molar-refractivity contribution in [1.29, 1.82) is 0 Å². The third-order valence-corrected chi connectivity index (χ3v) is 4.92. The fourth-order valence-corrected chi connectivity index (χ4v) is 3.40. The first-order chi connectivity index (χ1) is 12.8. The molecule has 3 aromatic carbocycles. The topological polar surface area (TPSA) is 32.3 Å². The predicted octanol–water partition coefficient (Wildman–Crippen LogP) is 4.92. The van der Waals surface area contributed by atoms with Gasteiger partial charge in [-0.1, -0.05) is 91.0 Å². The lowest BCUT2D eigenvalue weighted by Crippen LogP contribution is -2.33. The average Bonchev–Trinajstić information content (AvgIpc) is 2.72. The number of aliphatic hydroxyl groups is 1. The highest BCUT2D eigenvalue weighted by Gasteiger charge is 2.17. The van der Waals surface area contributed by atoms with Gasteiger partial charge in [-0.05, 0) is 36.6 Å². The summed E-state index contributed by atoms with van der Waals surface area (Å²) in [6, 6.07) is 31.1. The molecular formula is C24H27NO. The Labute approximate surface area is 156 Å². The zero-order chi connectivity index (χ0) is 18.2. The fourth-order valence-electron chi connectivity index (χ4n) is 3.40. The van der Waals surface area contributed by atoms with E-state index in [4.69, 9.17) is 0 Å². The summed E-state index contributed by atoms with van der Waals surface area (Å²) in [4.78, 5) is 0. The molecule has 0 saturated heterocycles. The highest BCUT2D eigenvalue weighted by molar-refractivity contribution is 5.32. The van der Waals surface area contributed by atoms with Crippen molar-refractivity contribution < 1.29 is 5.11 Å². The van der Waals surface area contributed by atoms with E-state index in [9.17, 15) is 5.11 Å². The van der Waals surface area contributed by atoms with Crippen molar-refractivity contribution >= 4 is 0 Å². The third-order valence-electron chi connectivity index (χ3n) is 4.92. The van der Waals surface area contributed by atoms with Crippen LogP contribution in [0.2, 0.25) is 0 Å². The normalized spacial score (nSPS) is 13.5. The van der Waals surface area contributed by atoms with E-state index in [0.717, 1.165) is 18.5 Å². The van der Waals surface area contributed by atoms with E-state index in [1.54, 1.807) is 0 Å². The maximum absolute atomic E-state index is 10.5. The Morgan fingerprint density at radius 3 is 1.58 bits per heavy atom. The summed E-state index contributed by atoms with van der Waals surface area (Å²) < 4.78 is 0. The van der Waals surface area contributed by atoms with E-state index in [1.165, 1.54) is 11.1 Å². The Morgan fingerprint density at radius 2 is 1.12 bits per heavy atom. The van der Waals surface area contributed by atoms with Gasteiger partial charge in [-0.25, -0.2) is 0 Å². The molecule has 2 heteroatoms. The van der Waals surface area contributed by atoms with Crippen molar-refractivity contribution in [2.45, 2.75) is 31.4 Å². The zero-order valence-electron chi connectivity index (χ0n) is 15.3. The Morgan fingerprint density at radius 1 is 0.692 bits per heavy atom. The number of rotatable bonds is 8. The molecule has 2 N–H and O–H groups in total. The van der Waals surface area contributed by atoms with Gasteiger partial charge in [0.1, 0.15) is 0 Å². The minimum Gasteiger partial charge on any atom is -0.387 e. The molecule has 0 spiro atoms. The lowest BCUT2D eigenvalue weighted by Gasteiger charge is -2.23. The first kappa shape index (κ1) is 18.4. The van der Waals surface area contributed by atoms with Crippen LogP contribution in [0, 0.1) is 0 Å². The zero-order valence-corrected chi connectivity index (χ0v) is 15.3. The molecule has 0 aliphatic heterocycles. The molecule has 0 aliphatic carbocycles. The maximum Gasteiger partial charge on any atom is 0.0940 e. The minimum absolute atomic E-state index is 0.00426. The summed E-state index contributed by atoms with van der Waals surface area (Å²) in [5.74, 6) is 0.353. The molecule has 0 saturated carbocycles. The van der Waals surface area contributed by atoms with Crippen molar-refractivity contribution in [2.24, 2.45) is 0 Å². The molecule has 0 amide bonds. The smallest absolute Gasteiger partial charge is 0.0940 e. The molecule has 3 rings (SSSR count). The highest BCUT2D eigenvalue weighted by atomic mass is 16.3. The van der Waals surface area contributed by atoms with Crippen LogP contribution < -0.4 is 5.32 Å². The molecule has 0 fully saturated rings. The standard InChI is InChI=1S/C24H27NO/c1-19(24(26)22-15-9-4-10-16-22)25-18-17-23(20-11-5-2-6-12-20)21-13-7-3-8-14-21/h2-16,19,23-26H,17-18H2,1H3. The van der Waals surface area contributed by atoms with Gasteiger partial charge in [0.05, 0.1) is 6.10 Å². The van der Waals surface area contributed by atoms with Gasteiger partial charge < -0.3 is 10.4 Å². The molecule has 26 heavy (non-hydrogen) atoms. The van der Waals surface area contributed by atoms with Gasteiger partial charge >= 0.3 is 0 Å². The predicted molar refractivity (Wildman–Crippen MR) is 108 cm³/mol. The maximum atomic E-state index is 10.5. The number of benzene rings is 3. The van der Waals surface area contributed by atoms with Gasteiger partial charge in [0, 0.05) is 12.0 Å². The van der Waals surface area contributed by atoms with Crippen LogP contribution in [0.25, 0.3) is 0 Å². The number of hydrogen-bond donors (Lipinski definition) is 2. The summed E-state index contributed by atoms with van der Waals surface area (Å²) >= 11 is 0. The van der Waals surface area contributed by atoms with Gasteiger partial charge in [-0.15, -0.1) is 0 Å². The number of aliphatic hydroxyl groups excluding tert-OH is 1. The largest absolute Gasteiger partial charge is 0.387 e. The van der Waals surface area contributed by atoms with E-state index in [-0.39, 0.29) is 6.04 Å². The van der Waals surface area contributed by atoms with Crippen LogP contribution in [0.5, 0.6) is 0 Å². The van der Waals surface area contributed by atoms with Crippen molar-refractivity contribution in [3.63, 3.8) is 0 Å². The Bertz CT molecular complexity index is 718. The first-order valence-corrected chi connectivity index (χ1v) is 9.32. The van der Waals surface area contributed by atoms with Crippen molar-refractivity contribution in [1.82, 2.24) is 5.32 Å². The van der Waals surface area contributed by atoms with Crippen LogP contribution in [-0.4, -0.2) is 17.7 Å². The average molecular weight is 345 g/mol. The van der Waals surface area contributed by atoms with E-state index in [1.807, 2.05) is 37.3 Å². The Hall–Kier alpha value is -2.42. The van der Waals surface area contributed by atoms with Crippen molar-refractivity contribution in [3.8, 4) is 0 Å². The van der Waals surface area contributed by atoms with E-state index in [2.05, 4.69) is 66.0 Å². The van der Waals surface area contributed by atoms with Crippen molar-refractivity contribution in [2.75, 3.05) is 6.54 Å². The summed E-state index contributed by atoms with van der Waals surface area (Å²) in [6.45, 7) is 2.89. The molecule has 0 bridgehead atoms. The van der Waals surface area contributed by atoms with Crippen molar-refractivity contribution in [3.05, 3.63) is 108 Å². The molecule has 2 unspecified atom stereocenters. The molecule has 0 aliphatic rings. The monoisotopic (exact) mass is 345 g/mol. The second-order valence-electron chi connectivity index (χ2n) is 6.76.